The first-order valence-corrected chi connectivity index (χ1v) is 5.62. The average molecular weight is 238 g/mol. The van der Waals surface area contributed by atoms with E-state index < -0.39 is 0 Å². The molecule has 1 fully saturated rings. The van der Waals surface area contributed by atoms with Crippen LogP contribution >= 0.6 is 0 Å². The fraction of sp³-hybridized carbons (Fsp3) is 0.417. The summed E-state index contributed by atoms with van der Waals surface area (Å²) in [7, 11) is 0. The molecule has 0 unspecified atom stereocenters. The average Bonchev–Trinajstić information content (AvgIpc) is 2.26. The quantitative estimate of drug-likeness (QED) is 0.750. The first-order chi connectivity index (χ1) is 8.13. The summed E-state index contributed by atoms with van der Waals surface area (Å²) in [6, 6.07) is 5.28. The lowest BCUT2D eigenvalue weighted by Gasteiger charge is -2.31. The third-order valence-electron chi connectivity index (χ3n) is 2.86. The molecule has 0 aromatic heterocycles. The van der Waals surface area contributed by atoms with Gasteiger partial charge in [0.05, 0.1) is 6.10 Å². The summed E-state index contributed by atoms with van der Waals surface area (Å²) >= 11 is 0. The van der Waals surface area contributed by atoms with Crippen molar-refractivity contribution in [3.05, 3.63) is 30.1 Å². The Morgan fingerprint density at radius 2 is 2.00 bits per heavy atom. The Morgan fingerprint density at radius 3 is 2.59 bits per heavy atom. The molecule has 92 valence electrons. The van der Waals surface area contributed by atoms with E-state index in [0.717, 1.165) is 12.8 Å². The highest BCUT2D eigenvalue weighted by atomic mass is 19.1. The van der Waals surface area contributed by atoms with Gasteiger partial charge >= 0.3 is 6.03 Å². The van der Waals surface area contributed by atoms with E-state index in [0.29, 0.717) is 18.2 Å². The van der Waals surface area contributed by atoms with Gasteiger partial charge in [-0.25, -0.2) is 9.18 Å². The van der Waals surface area contributed by atoms with Crippen molar-refractivity contribution in [2.75, 3.05) is 11.9 Å². The van der Waals surface area contributed by atoms with Gasteiger partial charge in [-0.15, -0.1) is 0 Å². The third-order valence-corrected chi connectivity index (χ3v) is 2.86. The predicted octanol–water partition coefficient (Wildman–Crippen LogP) is 1.72. The molecular formula is C12H15FN2O2. The molecule has 1 aliphatic carbocycles. The van der Waals surface area contributed by atoms with Crippen LogP contribution in [0.25, 0.3) is 0 Å². The van der Waals surface area contributed by atoms with E-state index in [1.54, 1.807) is 0 Å². The Kier molecular flexibility index (Phi) is 3.58. The van der Waals surface area contributed by atoms with E-state index in [-0.39, 0.29) is 18.0 Å². The van der Waals surface area contributed by atoms with Crippen LogP contribution in [0.5, 0.6) is 0 Å². The Labute approximate surface area is 98.8 Å². The molecule has 3 N–H and O–H groups in total. The zero-order valence-corrected chi connectivity index (χ0v) is 9.32. The van der Waals surface area contributed by atoms with Crippen LogP contribution in [-0.4, -0.2) is 23.8 Å². The van der Waals surface area contributed by atoms with Crippen LogP contribution in [0.15, 0.2) is 24.3 Å². The molecule has 1 aromatic rings. The first-order valence-electron chi connectivity index (χ1n) is 5.62. The smallest absolute Gasteiger partial charge is 0.319 e. The molecule has 2 rings (SSSR count). The molecule has 0 saturated heterocycles. The number of anilines is 1. The molecule has 0 spiro atoms. The zero-order valence-electron chi connectivity index (χ0n) is 9.32. The second-order valence-corrected chi connectivity index (χ2v) is 4.33. The van der Waals surface area contributed by atoms with Gasteiger partial charge in [-0.1, -0.05) is 0 Å². The molecule has 0 heterocycles. The molecule has 2 amide bonds. The largest absolute Gasteiger partial charge is 0.393 e. The van der Waals surface area contributed by atoms with E-state index >= 15 is 0 Å². The maximum absolute atomic E-state index is 12.6. The van der Waals surface area contributed by atoms with Crippen molar-refractivity contribution in [1.29, 1.82) is 0 Å². The minimum absolute atomic E-state index is 0.207. The topological polar surface area (TPSA) is 61.4 Å². The first kappa shape index (κ1) is 11.9. The molecule has 0 bridgehead atoms. The van der Waals surface area contributed by atoms with Gasteiger partial charge in [0.15, 0.2) is 0 Å². The molecule has 17 heavy (non-hydrogen) atoms. The number of carbonyl (C=O) groups excluding carboxylic acids is 1. The minimum Gasteiger partial charge on any atom is -0.393 e. The van der Waals surface area contributed by atoms with Gasteiger partial charge in [-0.2, -0.15) is 0 Å². The van der Waals surface area contributed by atoms with Crippen molar-refractivity contribution in [3.63, 3.8) is 0 Å². The molecule has 0 aliphatic heterocycles. The maximum Gasteiger partial charge on any atom is 0.319 e. The van der Waals surface area contributed by atoms with E-state index in [2.05, 4.69) is 10.6 Å². The predicted molar refractivity (Wildman–Crippen MR) is 62.2 cm³/mol. The minimum atomic E-state index is -0.334. The normalized spacial score (nSPS) is 22.7. The van der Waals surface area contributed by atoms with Gasteiger partial charge in [0.1, 0.15) is 5.82 Å². The summed E-state index contributed by atoms with van der Waals surface area (Å²) in [5.41, 5.74) is 0.553. The summed E-state index contributed by atoms with van der Waals surface area (Å²) in [6.07, 6.45) is 1.29. The number of aliphatic hydroxyl groups is 1. The SMILES string of the molecule is O=C(NCC1CC(O)C1)Nc1ccc(F)cc1. The van der Waals surface area contributed by atoms with E-state index in [4.69, 9.17) is 5.11 Å². The van der Waals surface area contributed by atoms with Gasteiger partial charge in [0.2, 0.25) is 0 Å². The molecule has 1 aliphatic rings. The number of aliphatic hydroxyl groups excluding tert-OH is 1. The number of halogens is 1. The number of rotatable bonds is 3. The van der Waals surface area contributed by atoms with Crippen LogP contribution in [0.3, 0.4) is 0 Å². The summed E-state index contributed by atoms with van der Waals surface area (Å²) in [5, 5.41) is 14.4. The number of benzene rings is 1. The Balaban J connectivity index is 1.71. The van der Waals surface area contributed by atoms with Crippen molar-refractivity contribution >= 4 is 11.7 Å². The lowest BCUT2D eigenvalue weighted by molar-refractivity contribution is 0.0443. The van der Waals surface area contributed by atoms with Gasteiger partial charge in [0, 0.05) is 12.2 Å². The second-order valence-electron chi connectivity index (χ2n) is 4.33. The lowest BCUT2D eigenvalue weighted by Crippen LogP contribution is -2.39. The molecule has 0 radical (unpaired) electrons. The van der Waals surface area contributed by atoms with Crippen molar-refractivity contribution in [2.24, 2.45) is 5.92 Å². The molecule has 5 heteroatoms. The Hall–Kier alpha value is -1.62. The molecular weight excluding hydrogens is 223 g/mol. The standard InChI is InChI=1S/C12H15FN2O2/c13-9-1-3-10(4-2-9)15-12(17)14-7-8-5-11(16)6-8/h1-4,8,11,16H,5-7H2,(H2,14,15,17). The summed E-state index contributed by atoms with van der Waals surface area (Å²) in [4.78, 5) is 11.4. The van der Waals surface area contributed by atoms with Crippen LogP contribution in [0, 0.1) is 11.7 Å². The molecule has 1 saturated carbocycles. The van der Waals surface area contributed by atoms with Crippen molar-refractivity contribution in [3.8, 4) is 0 Å². The van der Waals surface area contributed by atoms with E-state index in [1.807, 2.05) is 0 Å². The zero-order chi connectivity index (χ0) is 12.3. The monoisotopic (exact) mass is 238 g/mol. The van der Waals surface area contributed by atoms with Gasteiger partial charge in [-0.3, -0.25) is 0 Å². The fourth-order valence-electron chi connectivity index (χ4n) is 1.81. The van der Waals surface area contributed by atoms with Crippen LogP contribution < -0.4 is 10.6 Å². The number of hydrogen-bond acceptors (Lipinski definition) is 2. The fourth-order valence-corrected chi connectivity index (χ4v) is 1.81. The maximum atomic E-state index is 12.6. The van der Waals surface area contributed by atoms with Gasteiger partial charge in [0.25, 0.3) is 0 Å². The molecule has 0 atom stereocenters. The number of hydrogen-bond donors (Lipinski definition) is 3. The van der Waals surface area contributed by atoms with Crippen LogP contribution in [0.2, 0.25) is 0 Å². The van der Waals surface area contributed by atoms with Crippen LogP contribution in [0.4, 0.5) is 14.9 Å². The highest BCUT2D eigenvalue weighted by molar-refractivity contribution is 5.89. The van der Waals surface area contributed by atoms with Crippen molar-refractivity contribution < 1.29 is 14.3 Å². The van der Waals surface area contributed by atoms with Gasteiger partial charge < -0.3 is 15.7 Å². The highest BCUT2D eigenvalue weighted by Crippen LogP contribution is 2.26. The number of amides is 2. The van der Waals surface area contributed by atoms with E-state index in [1.165, 1.54) is 24.3 Å². The summed E-state index contributed by atoms with van der Waals surface area (Å²) in [6.45, 7) is 0.560. The van der Waals surface area contributed by atoms with Crippen LogP contribution in [0.1, 0.15) is 12.8 Å². The second kappa shape index (κ2) is 5.14. The number of urea groups is 1. The molecule has 1 aromatic carbocycles. The molecule has 4 nitrogen and oxygen atoms in total. The third kappa shape index (κ3) is 3.42. The van der Waals surface area contributed by atoms with Crippen LogP contribution in [-0.2, 0) is 0 Å². The van der Waals surface area contributed by atoms with Crippen molar-refractivity contribution in [2.45, 2.75) is 18.9 Å². The van der Waals surface area contributed by atoms with Gasteiger partial charge in [-0.05, 0) is 43.0 Å². The lowest BCUT2D eigenvalue weighted by atomic mass is 9.82. The van der Waals surface area contributed by atoms with Crippen molar-refractivity contribution in [1.82, 2.24) is 5.32 Å². The summed E-state index contributed by atoms with van der Waals surface area (Å²) in [5.74, 6) is 0.0309. The number of nitrogens with one attached hydrogen (secondary N) is 2. The van der Waals surface area contributed by atoms with E-state index in [9.17, 15) is 9.18 Å². The highest BCUT2D eigenvalue weighted by Gasteiger charge is 2.27. The Morgan fingerprint density at radius 1 is 1.35 bits per heavy atom. The summed E-state index contributed by atoms with van der Waals surface area (Å²) < 4.78 is 12.6. The number of carbonyl (C=O) groups is 1. The Bertz CT molecular complexity index is 388.